The largest absolute Gasteiger partial charge is 0.392 e. The predicted octanol–water partition coefficient (Wildman–Crippen LogP) is 0.456. The molecule has 132 valence electrons. The minimum atomic E-state index is -0.400. The molecular formula is C19H24N4O2. The van der Waals surface area contributed by atoms with Gasteiger partial charge >= 0.3 is 0 Å². The van der Waals surface area contributed by atoms with Gasteiger partial charge in [-0.15, -0.1) is 0 Å². The molecule has 3 aliphatic rings. The van der Waals surface area contributed by atoms with Crippen LogP contribution in [0.15, 0.2) is 24.3 Å². The van der Waals surface area contributed by atoms with Crippen LogP contribution < -0.4 is 5.32 Å². The van der Waals surface area contributed by atoms with E-state index in [1.807, 2.05) is 24.3 Å². The summed E-state index contributed by atoms with van der Waals surface area (Å²) >= 11 is 0. The molecule has 2 atom stereocenters. The highest BCUT2D eigenvalue weighted by Gasteiger charge is 2.44. The molecule has 1 aromatic carbocycles. The molecule has 0 spiro atoms. The lowest BCUT2D eigenvalue weighted by Gasteiger charge is -2.45. The molecule has 0 aromatic heterocycles. The number of hydrogen-bond donors (Lipinski definition) is 2. The van der Waals surface area contributed by atoms with Gasteiger partial charge in [-0.2, -0.15) is 5.26 Å². The van der Waals surface area contributed by atoms with Crippen LogP contribution in [0.4, 0.5) is 0 Å². The number of likely N-dealkylation sites (tertiary alicyclic amines) is 2. The van der Waals surface area contributed by atoms with Crippen LogP contribution in [0.25, 0.3) is 0 Å². The first-order chi connectivity index (χ1) is 12.1. The molecule has 1 aromatic rings. The number of nitrogens with zero attached hydrogens (tertiary/aromatic N) is 3. The van der Waals surface area contributed by atoms with E-state index in [1.54, 1.807) is 0 Å². The molecule has 3 fully saturated rings. The van der Waals surface area contributed by atoms with Crippen LogP contribution in [0.2, 0.25) is 0 Å². The highest BCUT2D eigenvalue weighted by atomic mass is 16.3. The van der Waals surface area contributed by atoms with Crippen LogP contribution in [-0.4, -0.2) is 64.7 Å². The molecule has 1 aliphatic carbocycles. The maximum absolute atomic E-state index is 12.4. The van der Waals surface area contributed by atoms with E-state index in [0.29, 0.717) is 30.6 Å². The Labute approximate surface area is 148 Å². The molecule has 1 amide bonds. The predicted molar refractivity (Wildman–Crippen MR) is 92.5 cm³/mol. The van der Waals surface area contributed by atoms with Crippen molar-refractivity contribution < 1.29 is 9.90 Å². The Morgan fingerprint density at radius 2 is 1.96 bits per heavy atom. The van der Waals surface area contributed by atoms with Crippen LogP contribution in [0, 0.1) is 11.3 Å². The molecule has 6 nitrogen and oxygen atoms in total. The van der Waals surface area contributed by atoms with Gasteiger partial charge in [-0.3, -0.25) is 14.6 Å². The van der Waals surface area contributed by atoms with Crippen LogP contribution in [0.5, 0.6) is 0 Å². The van der Waals surface area contributed by atoms with Crippen LogP contribution in [-0.2, 0) is 11.3 Å². The van der Waals surface area contributed by atoms with Gasteiger partial charge in [-0.1, -0.05) is 12.1 Å². The quantitative estimate of drug-likeness (QED) is 0.814. The van der Waals surface area contributed by atoms with Gasteiger partial charge in [-0.05, 0) is 37.0 Å². The molecule has 2 heterocycles. The van der Waals surface area contributed by atoms with Crippen LogP contribution >= 0.6 is 0 Å². The number of benzene rings is 1. The molecule has 4 rings (SSSR count). The number of aliphatic hydroxyl groups excluding tert-OH is 1. The normalized spacial score (nSPS) is 27.7. The molecule has 1 saturated carbocycles. The van der Waals surface area contributed by atoms with Crippen molar-refractivity contribution in [1.82, 2.24) is 15.1 Å². The van der Waals surface area contributed by atoms with Crippen molar-refractivity contribution >= 4 is 5.91 Å². The van der Waals surface area contributed by atoms with Crippen molar-refractivity contribution in [2.24, 2.45) is 0 Å². The fourth-order valence-corrected chi connectivity index (χ4v) is 3.85. The molecule has 0 radical (unpaired) electrons. The fourth-order valence-electron chi connectivity index (χ4n) is 3.85. The summed E-state index contributed by atoms with van der Waals surface area (Å²) in [6.07, 6.45) is 2.32. The van der Waals surface area contributed by atoms with Crippen molar-refractivity contribution in [3.8, 4) is 6.07 Å². The second-order valence-electron chi connectivity index (χ2n) is 7.54. The van der Waals surface area contributed by atoms with Crippen molar-refractivity contribution in [2.75, 3.05) is 19.6 Å². The van der Waals surface area contributed by atoms with Gasteiger partial charge in [0.15, 0.2) is 0 Å². The zero-order valence-corrected chi connectivity index (χ0v) is 14.3. The number of hydrogen-bond acceptors (Lipinski definition) is 5. The van der Waals surface area contributed by atoms with E-state index in [0.717, 1.165) is 32.5 Å². The number of aliphatic hydroxyl groups is 1. The monoisotopic (exact) mass is 340 g/mol. The van der Waals surface area contributed by atoms with E-state index >= 15 is 0 Å². The molecule has 0 unspecified atom stereocenters. The van der Waals surface area contributed by atoms with Crippen LogP contribution in [0.3, 0.4) is 0 Å². The maximum atomic E-state index is 12.4. The lowest BCUT2D eigenvalue weighted by atomic mass is 10.0. The Kier molecular flexibility index (Phi) is 4.46. The topological polar surface area (TPSA) is 79.6 Å². The summed E-state index contributed by atoms with van der Waals surface area (Å²) in [6, 6.07) is 10.3. The van der Waals surface area contributed by atoms with Gasteiger partial charge in [0, 0.05) is 38.3 Å². The molecule has 2 N–H and O–H groups in total. The maximum Gasteiger partial charge on any atom is 0.237 e. The second-order valence-corrected chi connectivity index (χ2v) is 7.54. The number of amides is 1. The highest BCUT2D eigenvalue weighted by molar-refractivity contribution is 5.82. The average Bonchev–Trinajstić information content (AvgIpc) is 3.30. The molecule has 2 saturated heterocycles. The summed E-state index contributed by atoms with van der Waals surface area (Å²) in [5, 5.41) is 22.0. The first kappa shape index (κ1) is 16.5. The Morgan fingerprint density at radius 3 is 2.60 bits per heavy atom. The zero-order valence-electron chi connectivity index (χ0n) is 14.3. The van der Waals surface area contributed by atoms with Crippen molar-refractivity contribution in [3.05, 3.63) is 35.4 Å². The number of carbonyl (C=O) groups is 1. The summed E-state index contributed by atoms with van der Waals surface area (Å²) in [4.78, 5) is 17.0. The van der Waals surface area contributed by atoms with Crippen molar-refractivity contribution in [1.29, 1.82) is 5.26 Å². The average molecular weight is 340 g/mol. The highest BCUT2D eigenvalue weighted by Crippen LogP contribution is 2.28. The van der Waals surface area contributed by atoms with E-state index in [4.69, 9.17) is 5.26 Å². The zero-order chi connectivity index (χ0) is 17.4. The third-order valence-corrected chi connectivity index (χ3v) is 5.44. The number of carbonyl (C=O) groups excluding carboxylic acids is 1. The second kappa shape index (κ2) is 6.75. The van der Waals surface area contributed by atoms with Crippen molar-refractivity contribution in [2.45, 2.75) is 50.0 Å². The Bertz CT molecular complexity index is 674. The molecule has 0 bridgehead atoms. The van der Waals surface area contributed by atoms with Gasteiger partial charge < -0.3 is 10.4 Å². The number of nitrogens with one attached hydrogen (secondary N) is 1. The first-order valence-corrected chi connectivity index (χ1v) is 9.08. The van der Waals surface area contributed by atoms with Crippen molar-refractivity contribution in [3.63, 3.8) is 0 Å². The van der Waals surface area contributed by atoms with E-state index < -0.39 is 6.10 Å². The smallest absolute Gasteiger partial charge is 0.237 e. The lowest BCUT2D eigenvalue weighted by molar-refractivity contribution is -0.127. The Hall–Kier alpha value is -1.94. The molecule has 25 heavy (non-hydrogen) atoms. The summed E-state index contributed by atoms with van der Waals surface area (Å²) in [5.74, 6) is 0.0876. The van der Waals surface area contributed by atoms with Gasteiger partial charge in [0.05, 0.1) is 23.8 Å². The van der Waals surface area contributed by atoms with E-state index in [-0.39, 0.29) is 11.9 Å². The third-order valence-electron chi connectivity index (χ3n) is 5.44. The van der Waals surface area contributed by atoms with Gasteiger partial charge in [0.1, 0.15) is 0 Å². The lowest BCUT2D eigenvalue weighted by Crippen LogP contribution is -2.62. The number of nitriles is 1. The number of rotatable bonds is 5. The Balaban J connectivity index is 1.30. The minimum absolute atomic E-state index is 0.0876. The van der Waals surface area contributed by atoms with Gasteiger partial charge in [0.2, 0.25) is 5.91 Å². The summed E-state index contributed by atoms with van der Waals surface area (Å²) in [7, 11) is 0. The standard InChI is InChI=1S/C19H24N4O2/c20-8-13-1-3-14(4-2-13)9-22-10-16(11-22)23-12-17(24)7-18(23)19(25)21-15-5-6-15/h1-4,15-18,24H,5-7,9-12H2,(H,21,25)/t17-,18+/m1/s1. The van der Waals surface area contributed by atoms with Gasteiger partial charge in [0.25, 0.3) is 0 Å². The fraction of sp³-hybridized carbons (Fsp3) is 0.579. The molecular weight excluding hydrogens is 316 g/mol. The minimum Gasteiger partial charge on any atom is -0.392 e. The van der Waals surface area contributed by atoms with Crippen LogP contribution in [0.1, 0.15) is 30.4 Å². The van der Waals surface area contributed by atoms with E-state index in [9.17, 15) is 9.90 Å². The van der Waals surface area contributed by atoms with E-state index in [1.165, 1.54) is 5.56 Å². The number of β-amino-alcohol motifs (C(OH)–C–C–N with tert-alkyl or cyclic N) is 1. The Morgan fingerprint density at radius 1 is 1.24 bits per heavy atom. The SMILES string of the molecule is N#Cc1ccc(CN2CC(N3C[C@H](O)C[C@H]3C(=O)NC3CC3)C2)cc1. The summed E-state index contributed by atoms with van der Waals surface area (Å²) < 4.78 is 0. The van der Waals surface area contributed by atoms with E-state index in [2.05, 4.69) is 21.2 Å². The summed E-state index contributed by atoms with van der Waals surface area (Å²) in [5.41, 5.74) is 1.88. The molecule has 6 heteroatoms. The van der Waals surface area contributed by atoms with Gasteiger partial charge in [-0.25, -0.2) is 0 Å². The third kappa shape index (κ3) is 3.69. The first-order valence-electron chi connectivity index (χ1n) is 9.08. The molecule has 2 aliphatic heterocycles. The summed E-state index contributed by atoms with van der Waals surface area (Å²) in [6.45, 7) is 3.29.